The topological polar surface area (TPSA) is 43.4 Å². The van der Waals surface area contributed by atoms with Gasteiger partial charge in [0.05, 0.1) is 13.2 Å². The van der Waals surface area contributed by atoms with Crippen LogP contribution >= 0.6 is 14.5 Å². The van der Waals surface area contributed by atoms with Crippen LogP contribution in [0.3, 0.4) is 0 Å². The Kier molecular flexibility index (Phi) is 2.11. The summed E-state index contributed by atoms with van der Waals surface area (Å²) >= 11 is 0. The average Bonchev–Trinajstić information content (AvgIpc) is 2.43. The fourth-order valence-corrected chi connectivity index (χ4v) is 9.94. The van der Waals surface area contributed by atoms with Crippen LogP contribution in [0.1, 0.15) is 19.3 Å². The van der Waals surface area contributed by atoms with Crippen LogP contribution in [0.25, 0.3) is 0 Å². The Balaban J connectivity index is 2.03. The molecular weight excluding hydrogens is 230 g/mol. The molecule has 1 aliphatic carbocycles. The zero-order chi connectivity index (χ0) is 10.8. The Labute approximate surface area is 90.8 Å². The highest BCUT2D eigenvalue weighted by molar-refractivity contribution is 7.65. The molecule has 6 atom stereocenters. The largest absolute Gasteiger partial charge is 0.324 e. The van der Waals surface area contributed by atoms with Crippen LogP contribution in [-0.2, 0) is 13.7 Å². The van der Waals surface area contributed by atoms with E-state index in [0.717, 1.165) is 25.4 Å². The van der Waals surface area contributed by atoms with Gasteiger partial charge in [0.2, 0.25) is 7.37 Å². The summed E-state index contributed by atoms with van der Waals surface area (Å²) in [5.41, 5.74) is 0.446. The first-order valence-corrected chi connectivity index (χ1v) is 10.3. The molecule has 0 aromatic rings. The highest BCUT2D eigenvalue weighted by Gasteiger charge is 2.60. The van der Waals surface area contributed by atoms with Crippen molar-refractivity contribution in [2.75, 3.05) is 19.5 Å². The summed E-state index contributed by atoms with van der Waals surface area (Å²) in [6, 6.07) is 0. The highest BCUT2D eigenvalue weighted by atomic mass is 31.2. The van der Waals surface area contributed by atoms with Crippen molar-refractivity contribution >= 4 is 14.5 Å². The molecule has 0 spiro atoms. The lowest BCUT2D eigenvalue weighted by atomic mass is 9.84. The normalized spacial score (nSPS) is 63.1. The molecule has 86 valence electrons. The Bertz CT molecular complexity index is 386. The van der Waals surface area contributed by atoms with Gasteiger partial charge in [-0.2, -0.15) is 0 Å². The smallest absolute Gasteiger partial charge is 0.203 e. The van der Waals surface area contributed by atoms with E-state index in [9.17, 15) is 9.13 Å². The molecule has 4 aliphatic rings. The Morgan fingerprint density at radius 3 is 2.53 bits per heavy atom. The van der Waals surface area contributed by atoms with Crippen molar-refractivity contribution in [2.45, 2.75) is 36.7 Å². The molecule has 3 saturated heterocycles. The molecule has 0 amide bonds. The zero-order valence-electron chi connectivity index (χ0n) is 9.26. The molecule has 0 aromatic carbocycles. The van der Waals surface area contributed by atoms with Gasteiger partial charge in [-0.1, -0.05) is 0 Å². The van der Waals surface area contributed by atoms with Crippen LogP contribution < -0.4 is 0 Å². The third-order valence-electron chi connectivity index (χ3n) is 4.54. The van der Waals surface area contributed by atoms with E-state index in [0.29, 0.717) is 5.92 Å². The first-order valence-electron chi connectivity index (χ1n) is 5.74. The second-order valence-electron chi connectivity index (χ2n) is 5.54. The third-order valence-corrected chi connectivity index (χ3v) is 10.2. The molecule has 0 N–H and O–H groups in total. The van der Waals surface area contributed by atoms with Crippen LogP contribution in [0, 0.1) is 5.92 Å². The fourth-order valence-electron chi connectivity index (χ4n) is 3.94. The summed E-state index contributed by atoms with van der Waals surface area (Å²) in [5.74, 6) is 0.434. The van der Waals surface area contributed by atoms with Crippen molar-refractivity contribution in [3.05, 3.63) is 0 Å². The van der Waals surface area contributed by atoms with Crippen molar-refractivity contribution in [2.24, 2.45) is 5.92 Å². The Morgan fingerprint density at radius 2 is 1.87 bits per heavy atom. The van der Waals surface area contributed by atoms with Crippen LogP contribution in [0.5, 0.6) is 0 Å². The quantitative estimate of drug-likeness (QED) is 0.619. The molecule has 2 unspecified atom stereocenters. The first kappa shape index (κ1) is 10.6. The van der Waals surface area contributed by atoms with Gasteiger partial charge in [-0.3, -0.25) is 4.57 Å². The van der Waals surface area contributed by atoms with E-state index in [4.69, 9.17) is 4.52 Å². The van der Waals surface area contributed by atoms with Crippen LogP contribution in [-0.4, -0.2) is 36.9 Å². The monoisotopic (exact) mass is 248 g/mol. The van der Waals surface area contributed by atoms with Gasteiger partial charge in [0, 0.05) is 24.1 Å². The summed E-state index contributed by atoms with van der Waals surface area (Å²) in [6.45, 7) is 3.70. The van der Waals surface area contributed by atoms with E-state index in [2.05, 4.69) is 0 Å². The van der Waals surface area contributed by atoms with E-state index < -0.39 is 14.5 Å². The number of rotatable bonds is 0. The molecule has 0 aromatic heterocycles. The Morgan fingerprint density at radius 1 is 1.13 bits per heavy atom. The molecule has 3 aliphatic heterocycles. The van der Waals surface area contributed by atoms with E-state index in [1.165, 1.54) is 0 Å². The lowest BCUT2D eigenvalue weighted by Gasteiger charge is -2.49. The minimum Gasteiger partial charge on any atom is -0.324 e. The number of hydrogen-bond acceptors (Lipinski definition) is 3. The van der Waals surface area contributed by atoms with Gasteiger partial charge in [-0.05, 0) is 31.8 Å². The molecule has 3 nitrogen and oxygen atoms in total. The van der Waals surface area contributed by atoms with Crippen molar-refractivity contribution in [3.8, 4) is 0 Å². The fraction of sp³-hybridized carbons (Fsp3) is 1.00. The Hall–Kier alpha value is 0.420. The molecule has 5 heteroatoms. The minimum atomic E-state index is -2.39. The molecule has 3 heterocycles. The van der Waals surface area contributed by atoms with Gasteiger partial charge in [0.1, 0.15) is 0 Å². The highest BCUT2D eigenvalue weighted by Crippen LogP contribution is 2.73. The SMILES string of the molecule is CP1(=O)CC[C@@H]2[C@H]1[C@@H]1CC[C@H]2P(C)(=O)O1. The van der Waals surface area contributed by atoms with Crippen molar-refractivity contribution in [1.82, 2.24) is 0 Å². The third kappa shape index (κ3) is 1.36. The standard InChI is InChI=1S/C10H18O3P2/c1-14(11)6-5-7-9-4-3-8(10(7)14)13-15(9,2)12/h7-10H,3-6H2,1-2H3/t7-,8-,9+,10-,14?,15?/m0/s1. The van der Waals surface area contributed by atoms with Crippen LogP contribution in [0.2, 0.25) is 0 Å². The molecule has 0 radical (unpaired) electrons. The maximum atomic E-state index is 12.4. The van der Waals surface area contributed by atoms with Gasteiger partial charge >= 0.3 is 0 Å². The summed E-state index contributed by atoms with van der Waals surface area (Å²) in [5, 5.41) is 0. The van der Waals surface area contributed by atoms with Gasteiger partial charge in [-0.25, -0.2) is 0 Å². The summed E-state index contributed by atoms with van der Waals surface area (Å²) in [4.78, 5) is 0. The lowest BCUT2D eigenvalue weighted by Crippen LogP contribution is -2.48. The van der Waals surface area contributed by atoms with E-state index in [1.54, 1.807) is 6.66 Å². The van der Waals surface area contributed by atoms with Gasteiger partial charge in [-0.15, -0.1) is 0 Å². The lowest BCUT2D eigenvalue weighted by molar-refractivity contribution is 0.0943. The molecule has 2 bridgehead atoms. The van der Waals surface area contributed by atoms with Crippen molar-refractivity contribution < 1.29 is 13.7 Å². The van der Waals surface area contributed by atoms with Gasteiger partial charge < -0.3 is 9.09 Å². The summed E-state index contributed by atoms with van der Waals surface area (Å²) in [6.07, 6.45) is 3.90. The molecule has 15 heavy (non-hydrogen) atoms. The van der Waals surface area contributed by atoms with Gasteiger partial charge in [0.15, 0.2) is 0 Å². The molecule has 4 rings (SSSR count). The van der Waals surface area contributed by atoms with Crippen molar-refractivity contribution in [3.63, 3.8) is 0 Å². The zero-order valence-corrected chi connectivity index (χ0v) is 11.0. The second kappa shape index (κ2) is 3.00. The number of fused-ring (bicyclic) bond motifs is 2. The molecule has 4 fully saturated rings. The van der Waals surface area contributed by atoms with Crippen molar-refractivity contribution in [1.29, 1.82) is 0 Å². The number of hydrogen-bond donors (Lipinski definition) is 0. The predicted octanol–water partition coefficient (Wildman–Crippen LogP) is 2.84. The molecule has 1 saturated carbocycles. The van der Waals surface area contributed by atoms with E-state index in [1.807, 2.05) is 6.66 Å². The summed E-state index contributed by atoms with van der Waals surface area (Å²) in [7, 11) is -4.41. The van der Waals surface area contributed by atoms with E-state index >= 15 is 0 Å². The molecular formula is C10H18O3P2. The maximum absolute atomic E-state index is 12.4. The minimum absolute atomic E-state index is 0.0363. The summed E-state index contributed by atoms with van der Waals surface area (Å²) < 4.78 is 30.4. The predicted molar refractivity (Wildman–Crippen MR) is 61.7 cm³/mol. The second-order valence-corrected chi connectivity index (χ2v) is 11.6. The van der Waals surface area contributed by atoms with Gasteiger partial charge in [0.25, 0.3) is 0 Å². The van der Waals surface area contributed by atoms with E-state index in [-0.39, 0.29) is 17.4 Å². The average molecular weight is 248 g/mol. The maximum Gasteiger partial charge on any atom is 0.203 e. The van der Waals surface area contributed by atoms with Crippen LogP contribution in [0.4, 0.5) is 0 Å². The first-order chi connectivity index (χ1) is 6.92. The van der Waals surface area contributed by atoms with Crippen LogP contribution in [0.15, 0.2) is 0 Å².